The topological polar surface area (TPSA) is 23.5 Å². The number of aromatic hydroxyl groups is 1. The van der Waals surface area contributed by atoms with Crippen molar-refractivity contribution >= 4 is 11.3 Å². The van der Waals surface area contributed by atoms with Gasteiger partial charge in [-0.3, -0.25) is 0 Å². The van der Waals surface area contributed by atoms with Gasteiger partial charge in [0, 0.05) is 12.2 Å². The third-order valence-corrected chi connectivity index (χ3v) is 6.50. The van der Waals surface area contributed by atoms with Crippen LogP contribution in [0.1, 0.15) is 35.2 Å². The van der Waals surface area contributed by atoms with Gasteiger partial charge < -0.3 is 10.0 Å². The summed E-state index contributed by atoms with van der Waals surface area (Å²) in [7, 11) is 0. The quantitative estimate of drug-likeness (QED) is 0.309. The molecule has 3 aromatic rings. The molecule has 0 aliphatic carbocycles. The number of nitrogens with zero attached hydrogens (tertiary/aromatic N) is 1. The molecule has 0 aromatic heterocycles. The minimum Gasteiger partial charge on any atom is -0.508 e. The summed E-state index contributed by atoms with van der Waals surface area (Å²) in [6.07, 6.45) is 7.45. The van der Waals surface area contributed by atoms with Crippen molar-refractivity contribution in [3.63, 3.8) is 0 Å². The molecule has 0 radical (unpaired) electrons. The summed E-state index contributed by atoms with van der Waals surface area (Å²) in [6.45, 7) is 10.7. The van der Waals surface area contributed by atoms with Crippen LogP contribution in [0, 0.1) is 11.7 Å². The second-order valence-electron chi connectivity index (χ2n) is 8.60. The average Bonchev–Trinajstić information content (AvgIpc) is 2.83. The van der Waals surface area contributed by atoms with Crippen molar-refractivity contribution in [2.24, 2.45) is 5.92 Å². The monoisotopic (exact) mass is 439 g/mol. The summed E-state index contributed by atoms with van der Waals surface area (Å²) in [5, 5.41) is 9.99. The van der Waals surface area contributed by atoms with Gasteiger partial charge in [0.2, 0.25) is 0 Å². The van der Waals surface area contributed by atoms with Crippen LogP contribution < -0.4 is 4.90 Å². The molecule has 1 aliphatic heterocycles. The summed E-state index contributed by atoms with van der Waals surface area (Å²) in [4.78, 5) is 2.34. The highest BCUT2D eigenvalue weighted by molar-refractivity contribution is 5.70. The molecule has 2 nitrogen and oxygen atoms in total. The molecule has 3 aromatic carbocycles. The van der Waals surface area contributed by atoms with E-state index in [2.05, 4.69) is 49.2 Å². The fourth-order valence-corrected chi connectivity index (χ4v) is 4.68. The lowest BCUT2D eigenvalue weighted by Gasteiger charge is -2.39. The molecule has 33 heavy (non-hydrogen) atoms. The van der Waals surface area contributed by atoms with E-state index in [-0.39, 0.29) is 17.8 Å². The lowest BCUT2D eigenvalue weighted by molar-refractivity contribution is 0.472. The molecule has 1 heterocycles. The van der Waals surface area contributed by atoms with Crippen molar-refractivity contribution in [2.75, 3.05) is 11.4 Å². The van der Waals surface area contributed by atoms with E-state index in [1.165, 1.54) is 34.4 Å². The Morgan fingerprint density at radius 1 is 1.09 bits per heavy atom. The number of halogens is 1. The van der Waals surface area contributed by atoms with Gasteiger partial charge in [0.25, 0.3) is 0 Å². The van der Waals surface area contributed by atoms with E-state index in [0.29, 0.717) is 5.75 Å². The number of anilines is 1. The van der Waals surface area contributed by atoms with Crippen LogP contribution in [0.3, 0.4) is 0 Å². The zero-order valence-electron chi connectivity index (χ0n) is 19.0. The third kappa shape index (κ3) is 4.93. The normalized spacial score (nSPS) is 16.7. The first-order chi connectivity index (χ1) is 16.0. The minimum absolute atomic E-state index is 0.0981. The van der Waals surface area contributed by atoms with Crippen molar-refractivity contribution in [3.8, 4) is 5.75 Å². The number of phenolic OH excluding ortho intramolecular Hbond substituents is 1. The van der Waals surface area contributed by atoms with E-state index in [9.17, 15) is 9.50 Å². The third-order valence-electron chi connectivity index (χ3n) is 6.50. The summed E-state index contributed by atoms with van der Waals surface area (Å²) >= 11 is 0. The van der Waals surface area contributed by atoms with Crippen LogP contribution >= 0.6 is 0 Å². The molecule has 2 unspecified atom stereocenters. The Kier molecular flexibility index (Phi) is 6.79. The smallest absolute Gasteiger partial charge is 0.123 e. The van der Waals surface area contributed by atoms with Gasteiger partial charge in [0.05, 0.1) is 6.04 Å². The van der Waals surface area contributed by atoms with Crippen molar-refractivity contribution in [2.45, 2.75) is 25.8 Å². The molecule has 0 bridgehead atoms. The van der Waals surface area contributed by atoms with Gasteiger partial charge in [-0.1, -0.05) is 62.1 Å². The van der Waals surface area contributed by atoms with E-state index in [0.717, 1.165) is 30.6 Å². The van der Waals surface area contributed by atoms with Gasteiger partial charge in [-0.05, 0) is 83.0 Å². The SMILES string of the molecule is C=C/C=C(/c1ccc(CC2c3ccc(O)cc3CCN2c2ccc(F)cc2)cc1)C(C)C=C. The maximum atomic E-state index is 13.6. The van der Waals surface area contributed by atoms with Crippen LogP contribution in [0.5, 0.6) is 5.75 Å². The van der Waals surface area contributed by atoms with Crippen LogP contribution in [0.15, 0.2) is 98.1 Å². The van der Waals surface area contributed by atoms with Crippen LogP contribution in [0.2, 0.25) is 0 Å². The fraction of sp³-hybridized carbons (Fsp3) is 0.200. The summed E-state index contributed by atoms with van der Waals surface area (Å²) in [5.41, 5.74) is 6.97. The summed E-state index contributed by atoms with van der Waals surface area (Å²) in [5.74, 6) is 0.302. The lowest BCUT2D eigenvalue weighted by atomic mass is 9.87. The Balaban J connectivity index is 1.67. The predicted octanol–water partition coefficient (Wildman–Crippen LogP) is 7.27. The van der Waals surface area contributed by atoms with Crippen molar-refractivity contribution in [1.29, 1.82) is 0 Å². The molecule has 1 aliphatic rings. The Morgan fingerprint density at radius 2 is 1.82 bits per heavy atom. The molecular weight excluding hydrogens is 409 g/mol. The van der Waals surface area contributed by atoms with Gasteiger partial charge >= 0.3 is 0 Å². The van der Waals surface area contributed by atoms with Crippen LogP contribution in [-0.2, 0) is 12.8 Å². The number of allylic oxidation sites excluding steroid dienone is 4. The molecule has 0 saturated carbocycles. The van der Waals surface area contributed by atoms with Crippen LogP contribution in [0.25, 0.3) is 5.57 Å². The zero-order chi connectivity index (χ0) is 23.4. The van der Waals surface area contributed by atoms with Crippen LogP contribution in [-0.4, -0.2) is 11.7 Å². The molecule has 0 fully saturated rings. The first-order valence-electron chi connectivity index (χ1n) is 11.4. The Labute approximate surface area is 196 Å². The first kappa shape index (κ1) is 22.6. The Hall–Kier alpha value is -3.59. The van der Waals surface area contributed by atoms with E-state index in [1.54, 1.807) is 6.07 Å². The molecule has 0 spiro atoms. The second-order valence-corrected chi connectivity index (χ2v) is 8.60. The number of hydrogen-bond acceptors (Lipinski definition) is 2. The minimum atomic E-state index is -0.231. The van der Waals surface area contributed by atoms with Crippen molar-refractivity contribution in [1.82, 2.24) is 0 Å². The van der Waals surface area contributed by atoms with Gasteiger partial charge in [0.1, 0.15) is 11.6 Å². The zero-order valence-corrected chi connectivity index (χ0v) is 19.0. The predicted molar refractivity (Wildman–Crippen MR) is 136 cm³/mol. The van der Waals surface area contributed by atoms with Gasteiger partial charge in [0.15, 0.2) is 0 Å². The Morgan fingerprint density at radius 3 is 2.48 bits per heavy atom. The van der Waals surface area contributed by atoms with E-state index in [1.807, 2.05) is 42.5 Å². The van der Waals surface area contributed by atoms with Crippen molar-refractivity contribution < 1.29 is 9.50 Å². The highest BCUT2D eigenvalue weighted by atomic mass is 19.1. The molecule has 1 N–H and O–H groups in total. The number of benzene rings is 3. The fourth-order valence-electron chi connectivity index (χ4n) is 4.68. The number of phenols is 1. The van der Waals surface area contributed by atoms with Gasteiger partial charge in [-0.2, -0.15) is 0 Å². The van der Waals surface area contributed by atoms with E-state index in [4.69, 9.17) is 0 Å². The van der Waals surface area contributed by atoms with Crippen molar-refractivity contribution in [3.05, 3.63) is 126 Å². The Bertz CT molecular complexity index is 1160. The summed E-state index contributed by atoms with van der Waals surface area (Å²) in [6, 6.07) is 21.2. The average molecular weight is 440 g/mol. The van der Waals surface area contributed by atoms with Gasteiger partial charge in [-0.15, -0.1) is 6.58 Å². The van der Waals surface area contributed by atoms with Crippen LogP contribution in [0.4, 0.5) is 10.1 Å². The second kappa shape index (κ2) is 9.91. The van der Waals surface area contributed by atoms with Gasteiger partial charge in [-0.25, -0.2) is 4.39 Å². The summed E-state index contributed by atoms with van der Waals surface area (Å²) < 4.78 is 13.6. The lowest BCUT2D eigenvalue weighted by Crippen LogP contribution is -2.36. The maximum Gasteiger partial charge on any atom is 0.123 e. The number of fused-ring (bicyclic) bond motifs is 1. The molecule has 2 atom stereocenters. The highest BCUT2D eigenvalue weighted by Gasteiger charge is 2.28. The maximum absolute atomic E-state index is 13.6. The molecule has 0 amide bonds. The largest absolute Gasteiger partial charge is 0.508 e. The molecule has 4 rings (SSSR count). The standard InChI is InChI=1S/C30H30FNO/c1-4-6-28(21(3)5-2)23-9-7-22(8-10-23)19-30-29-16-15-27(33)20-24(29)17-18-32(30)26-13-11-25(31)12-14-26/h4-16,20-21,30,33H,1-2,17-19H2,3H3/b28-6+. The molecule has 3 heteroatoms. The first-order valence-corrected chi connectivity index (χ1v) is 11.4. The molecule has 168 valence electrons. The highest BCUT2D eigenvalue weighted by Crippen LogP contribution is 2.37. The molecule has 0 saturated heterocycles. The number of hydrogen-bond donors (Lipinski definition) is 1. The number of rotatable bonds is 7. The molecular formula is C30H30FNO. The van der Waals surface area contributed by atoms with E-state index >= 15 is 0 Å². The van der Waals surface area contributed by atoms with E-state index < -0.39 is 0 Å².